The summed E-state index contributed by atoms with van der Waals surface area (Å²) in [5, 5.41) is 6.25. The molecule has 0 aromatic heterocycles. The summed E-state index contributed by atoms with van der Waals surface area (Å²) >= 11 is 0. The summed E-state index contributed by atoms with van der Waals surface area (Å²) in [5.41, 5.74) is 0.979. The fourth-order valence-electron chi connectivity index (χ4n) is 2.61. The van der Waals surface area contributed by atoms with Gasteiger partial charge in [-0.05, 0) is 44.0 Å². The highest BCUT2D eigenvalue weighted by Gasteiger charge is 2.23. The number of benzene rings is 1. The predicted molar refractivity (Wildman–Crippen MR) is 87.9 cm³/mol. The lowest BCUT2D eigenvalue weighted by molar-refractivity contribution is -0.123. The van der Waals surface area contributed by atoms with Crippen molar-refractivity contribution in [2.45, 2.75) is 31.8 Å². The maximum atomic E-state index is 12.2. The molecule has 0 bridgehead atoms. The largest absolute Gasteiger partial charge is 0.493 e. The highest BCUT2D eigenvalue weighted by molar-refractivity contribution is 5.82. The molecule has 0 saturated carbocycles. The average molecular weight is 322 g/mol. The monoisotopic (exact) mass is 322 g/mol. The van der Waals surface area contributed by atoms with Gasteiger partial charge in [-0.1, -0.05) is 6.07 Å². The smallest absolute Gasteiger partial charge is 0.237 e. The molecule has 1 aromatic carbocycles. The summed E-state index contributed by atoms with van der Waals surface area (Å²) < 4.78 is 16.0. The summed E-state index contributed by atoms with van der Waals surface area (Å²) in [4.78, 5) is 12.2. The Morgan fingerprint density at radius 3 is 2.83 bits per heavy atom. The number of rotatable bonds is 8. The molecule has 0 radical (unpaired) electrons. The van der Waals surface area contributed by atoms with E-state index in [0.29, 0.717) is 24.7 Å². The second kappa shape index (κ2) is 8.74. The summed E-state index contributed by atoms with van der Waals surface area (Å²) in [6.45, 7) is 3.86. The molecule has 2 rings (SSSR count). The zero-order valence-electron chi connectivity index (χ0n) is 14.1. The lowest BCUT2D eigenvalue weighted by Crippen LogP contribution is -2.41. The number of hydrogen-bond acceptors (Lipinski definition) is 5. The Labute approximate surface area is 137 Å². The van der Waals surface area contributed by atoms with Crippen LogP contribution in [0.25, 0.3) is 0 Å². The Bertz CT molecular complexity index is 515. The van der Waals surface area contributed by atoms with Crippen LogP contribution in [-0.4, -0.2) is 45.9 Å². The van der Waals surface area contributed by atoms with E-state index < -0.39 is 0 Å². The number of methoxy groups -OCH3 is 2. The van der Waals surface area contributed by atoms with E-state index in [-0.39, 0.29) is 18.0 Å². The van der Waals surface area contributed by atoms with Crippen molar-refractivity contribution < 1.29 is 19.0 Å². The molecule has 1 aromatic rings. The van der Waals surface area contributed by atoms with Gasteiger partial charge < -0.3 is 24.8 Å². The van der Waals surface area contributed by atoms with Gasteiger partial charge >= 0.3 is 0 Å². The molecule has 128 valence electrons. The molecular weight excluding hydrogens is 296 g/mol. The highest BCUT2D eigenvalue weighted by atomic mass is 16.5. The molecule has 1 saturated heterocycles. The number of amides is 1. The molecule has 6 nitrogen and oxygen atoms in total. The van der Waals surface area contributed by atoms with E-state index in [2.05, 4.69) is 10.6 Å². The molecule has 1 aliphatic rings. The van der Waals surface area contributed by atoms with Crippen molar-refractivity contribution in [3.8, 4) is 11.5 Å². The van der Waals surface area contributed by atoms with Crippen LogP contribution in [0.15, 0.2) is 18.2 Å². The summed E-state index contributed by atoms with van der Waals surface area (Å²) in [7, 11) is 3.24. The average Bonchev–Trinajstić information content (AvgIpc) is 3.09. The summed E-state index contributed by atoms with van der Waals surface area (Å²) in [5.74, 6) is 1.37. The second-order valence-electron chi connectivity index (χ2n) is 5.63. The maximum Gasteiger partial charge on any atom is 0.237 e. The molecule has 1 fully saturated rings. The highest BCUT2D eigenvalue weighted by Crippen LogP contribution is 2.30. The number of nitrogens with one attached hydrogen (secondary N) is 2. The molecule has 23 heavy (non-hydrogen) atoms. The standard InChI is InChI=1S/C17H26N2O4/c1-12(19-17(20)14-5-4-8-18-14)13-6-7-15(16(11-13)22-3)23-10-9-21-2/h6-7,11-12,14,18H,4-5,8-10H2,1-3H3,(H,19,20). The number of carbonyl (C=O) groups is 1. The maximum absolute atomic E-state index is 12.2. The molecular formula is C17H26N2O4. The molecule has 0 aliphatic carbocycles. The van der Waals surface area contributed by atoms with Crippen LogP contribution in [0.1, 0.15) is 31.4 Å². The first-order valence-electron chi connectivity index (χ1n) is 7.99. The first-order valence-corrected chi connectivity index (χ1v) is 7.99. The van der Waals surface area contributed by atoms with Crippen molar-refractivity contribution in [1.82, 2.24) is 10.6 Å². The Morgan fingerprint density at radius 2 is 2.17 bits per heavy atom. The van der Waals surface area contributed by atoms with Crippen molar-refractivity contribution in [2.75, 3.05) is 34.0 Å². The van der Waals surface area contributed by atoms with Crippen LogP contribution >= 0.6 is 0 Å². The van der Waals surface area contributed by atoms with Crippen LogP contribution in [0.2, 0.25) is 0 Å². The molecule has 1 aliphatic heterocycles. The van der Waals surface area contributed by atoms with Gasteiger partial charge in [-0.3, -0.25) is 4.79 Å². The Kier molecular flexibility index (Phi) is 6.67. The van der Waals surface area contributed by atoms with E-state index in [1.54, 1.807) is 14.2 Å². The number of ether oxygens (including phenoxy) is 3. The van der Waals surface area contributed by atoms with Gasteiger partial charge in [-0.2, -0.15) is 0 Å². The van der Waals surface area contributed by atoms with Gasteiger partial charge in [0.05, 0.1) is 25.8 Å². The predicted octanol–water partition coefficient (Wildman–Crippen LogP) is 1.65. The van der Waals surface area contributed by atoms with E-state index in [1.807, 2.05) is 25.1 Å². The fraction of sp³-hybridized carbons (Fsp3) is 0.588. The number of hydrogen-bond donors (Lipinski definition) is 2. The number of carbonyl (C=O) groups excluding carboxylic acids is 1. The van der Waals surface area contributed by atoms with Crippen LogP contribution < -0.4 is 20.1 Å². The minimum absolute atomic E-state index is 0.0504. The van der Waals surface area contributed by atoms with E-state index >= 15 is 0 Å². The van der Waals surface area contributed by atoms with E-state index in [1.165, 1.54) is 0 Å². The lowest BCUT2D eigenvalue weighted by atomic mass is 10.1. The minimum Gasteiger partial charge on any atom is -0.493 e. The van der Waals surface area contributed by atoms with Crippen LogP contribution in [-0.2, 0) is 9.53 Å². The topological polar surface area (TPSA) is 68.8 Å². The Balaban J connectivity index is 1.99. The Hall–Kier alpha value is -1.79. The third-order valence-corrected chi connectivity index (χ3v) is 3.97. The normalized spacial score (nSPS) is 18.5. The summed E-state index contributed by atoms with van der Waals surface area (Å²) in [6.07, 6.45) is 1.95. The molecule has 1 heterocycles. The molecule has 1 amide bonds. The van der Waals surface area contributed by atoms with Crippen LogP contribution in [0.4, 0.5) is 0 Å². The molecule has 6 heteroatoms. The van der Waals surface area contributed by atoms with Crippen molar-refractivity contribution in [1.29, 1.82) is 0 Å². The fourth-order valence-corrected chi connectivity index (χ4v) is 2.61. The minimum atomic E-state index is -0.0909. The van der Waals surface area contributed by atoms with Crippen LogP contribution in [0, 0.1) is 0 Å². The van der Waals surface area contributed by atoms with Crippen LogP contribution in [0.3, 0.4) is 0 Å². The molecule has 2 atom stereocenters. The van der Waals surface area contributed by atoms with Crippen molar-refractivity contribution in [3.05, 3.63) is 23.8 Å². The first kappa shape index (κ1) is 17.6. The van der Waals surface area contributed by atoms with Crippen molar-refractivity contribution in [3.63, 3.8) is 0 Å². The van der Waals surface area contributed by atoms with E-state index in [0.717, 1.165) is 24.9 Å². The van der Waals surface area contributed by atoms with Crippen LogP contribution in [0.5, 0.6) is 11.5 Å². The van der Waals surface area contributed by atoms with E-state index in [4.69, 9.17) is 14.2 Å². The third kappa shape index (κ3) is 4.84. The third-order valence-electron chi connectivity index (χ3n) is 3.97. The van der Waals surface area contributed by atoms with E-state index in [9.17, 15) is 4.79 Å². The van der Waals surface area contributed by atoms with Gasteiger partial charge in [-0.15, -0.1) is 0 Å². The van der Waals surface area contributed by atoms with Gasteiger partial charge in [0.15, 0.2) is 11.5 Å². The van der Waals surface area contributed by atoms with Gasteiger partial charge in [-0.25, -0.2) is 0 Å². The summed E-state index contributed by atoms with van der Waals surface area (Å²) in [6, 6.07) is 5.54. The van der Waals surface area contributed by atoms with Crippen molar-refractivity contribution >= 4 is 5.91 Å². The quantitative estimate of drug-likeness (QED) is 0.712. The van der Waals surface area contributed by atoms with Gasteiger partial charge in [0.25, 0.3) is 0 Å². The SMILES string of the molecule is COCCOc1ccc(C(C)NC(=O)C2CCCN2)cc1OC. The van der Waals surface area contributed by atoms with Crippen molar-refractivity contribution in [2.24, 2.45) is 0 Å². The Morgan fingerprint density at radius 1 is 1.35 bits per heavy atom. The van der Waals surface area contributed by atoms with Gasteiger partial charge in [0, 0.05) is 7.11 Å². The molecule has 0 spiro atoms. The zero-order valence-corrected chi connectivity index (χ0v) is 14.1. The second-order valence-corrected chi connectivity index (χ2v) is 5.63. The molecule has 2 N–H and O–H groups in total. The van der Waals surface area contributed by atoms with Gasteiger partial charge in [0.1, 0.15) is 6.61 Å². The first-order chi connectivity index (χ1) is 11.2. The lowest BCUT2D eigenvalue weighted by Gasteiger charge is -2.19. The zero-order chi connectivity index (χ0) is 16.7. The van der Waals surface area contributed by atoms with Gasteiger partial charge in [0.2, 0.25) is 5.91 Å². The molecule has 2 unspecified atom stereocenters.